The zero-order chi connectivity index (χ0) is 17.1. The normalized spacial score (nSPS) is 13.6. The third-order valence-corrected chi connectivity index (χ3v) is 4.11. The molecule has 0 bridgehead atoms. The summed E-state index contributed by atoms with van der Waals surface area (Å²) in [5, 5.41) is 13.0. The third-order valence-electron chi connectivity index (χ3n) is 4.11. The fourth-order valence-corrected chi connectivity index (χ4v) is 2.80. The van der Waals surface area contributed by atoms with E-state index in [1.807, 2.05) is 54.9 Å². The van der Waals surface area contributed by atoms with Crippen LogP contribution >= 0.6 is 0 Å². The molecular formula is C19H17N5O. The van der Waals surface area contributed by atoms with E-state index in [2.05, 4.69) is 20.3 Å². The summed E-state index contributed by atoms with van der Waals surface area (Å²) in [4.78, 5) is 4.20. The van der Waals surface area contributed by atoms with Crippen LogP contribution in [0.3, 0.4) is 0 Å². The van der Waals surface area contributed by atoms with Crippen LogP contribution in [0, 0.1) is 0 Å². The number of nitrogens with zero attached hydrogens (tertiary/aromatic N) is 5. The zero-order valence-electron chi connectivity index (χ0n) is 13.8. The van der Waals surface area contributed by atoms with E-state index in [4.69, 9.17) is 4.74 Å². The Kier molecular flexibility index (Phi) is 4.08. The lowest BCUT2D eigenvalue weighted by Gasteiger charge is -2.11. The van der Waals surface area contributed by atoms with Crippen LogP contribution in [0.2, 0.25) is 0 Å². The van der Waals surface area contributed by atoms with E-state index >= 15 is 0 Å². The van der Waals surface area contributed by atoms with Gasteiger partial charge in [-0.1, -0.05) is 0 Å². The lowest BCUT2D eigenvalue weighted by molar-refractivity contribution is 0.416. The van der Waals surface area contributed by atoms with E-state index in [1.165, 1.54) is 0 Å². The maximum Gasteiger partial charge on any atom is 0.130 e. The van der Waals surface area contributed by atoms with E-state index in [9.17, 15) is 0 Å². The fourth-order valence-electron chi connectivity index (χ4n) is 2.80. The summed E-state index contributed by atoms with van der Waals surface area (Å²) in [6.07, 6.45) is 8.35. The molecule has 0 spiro atoms. The van der Waals surface area contributed by atoms with Gasteiger partial charge in [-0.2, -0.15) is 10.2 Å². The minimum absolute atomic E-state index is 0.735. The molecule has 0 radical (unpaired) electrons. The van der Waals surface area contributed by atoms with Gasteiger partial charge in [0.2, 0.25) is 0 Å². The Bertz CT molecular complexity index is 927. The number of allylic oxidation sites excluding steroid dienone is 1. The first-order valence-corrected chi connectivity index (χ1v) is 8.06. The van der Waals surface area contributed by atoms with Crippen molar-refractivity contribution < 1.29 is 4.74 Å². The van der Waals surface area contributed by atoms with Gasteiger partial charge in [0.05, 0.1) is 24.2 Å². The Balaban J connectivity index is 1.67. The molecule has 0 atom stereocenters. The number of hydrogen-bond acceptors (Lipinski definition) is 5. The molecule has 6 heteroatoms. The van der Waals surface area contributed by atoms with Crippen LogP contribution in [0.1, 0.15) is 12.1 Å². The fraction of sp³-hybridized carbons (Fsp3) is 0.158. The van der Waals surface area contributed by atoms with Crippen molar-refractivity contribution in [1.29, 1.82) is 0 Å². The number of ether oxygens (including phenoxy) is 1. The number of methoxy groups -OCH3 is 1. The van der Waals surface area contributed by atoms with Crippen molar-refractivity contribution in [3.63, 3.8) is 0 Å². The third kappa shape index (κ3) is 3.06. The molecule has 4 rings (SSSR count). The van der Waals surface area contributed by atoms with Crippen molar-refractivity contribution in [2.24, 2.45) is 4.99 Å². The summed E-state index contributed by atoms with van der Waals surface area (Å²) in [7, 11) is 1.65. The molecule has 0 unspecified atom stereocenters. The van der Waals surface area contributed by atoms with Crippen LogP contribution in [0.25, 0.3) is 22.5 Å². The van der Waals surface area contributed by atoms with Gasteiger partial charge in [0.15, 0.2) is 0 Å². The summed E-state index contributed by atoms with van der Waals surface area (Å²) in [6, 6.07) is 11.8. The molecule has 0 saturated carbocycles. The minimum atomic E-state index is 0.735. The molecule has 1 aliphatic rings. The van der Waals surface area contributed by atoms with Crippen LogP contribution in [0.4, 0.5) is 0 Å². The Morgan fingerprint density at radius 3 is 2.64 bits per heavy atom. The first kappa shape index (κ1) is 15.3. The van der Waals surface area contributed by atoms with E-state index in [1.54, 1.807) is 18.0 Å². The van der Waals surface area contributed by atoms with Crippen molar-refractivity contribution in [2.45, 2.75) is 6.42 Å². The number of aliphatic imine (C=N–C) groups is 1. The van der Waals surface area contributed by atoms with Crippen LogP contribution in [-0.2, 0) is 0 Å². The Labute approximate surface area is 145 Å². The molecule has 0 saturated heterocycles. The van der Waals surface area contributed by atoms with Gasteiger partial charge in [0, 0.05) is 36.8 Å². The van der Waals surface area contributed by atoms with Crippen LogP contribution in [-0.4, -0.2) is 39.8 Å². The molecule has 0 N–H and O–H groups in total. The molecular weight excluding hydrogens is 314 g/mol. The van der Waals surface area contributed by atoms with Gasteiger partial charge in [-0.05, 0) is 48.4 Å². The van der Waals surface area contributed by atoms with Crippen molar-refractivity contribution in [3.05, 3.63) is 60.6 Å². The molecule has 2 aromatic heterocycles. The number of benzene rings is 1. The van der Waals surface area contributed by atoms with Crippen LogP contribution < -0.4 is 4.74 Å². The average Bonchev–Trinajstić information content (AvgIpc) is 3.23. The predicted molar refractivity (Wildman–Crippen MR) is 97.1 cm³/mol. The highest BCUT2D eigenvalue weighted by Crippen LogP contribution is 2.31. The zero-order valence-corrected chi connectivity index (χ0v) is 13.8. The highest BCUT2D eigenvalue weighted by Gasteiger charge is 2.12. The Morgan fingerprint density at radius 2 is 1.96 bits per heavy atom. The lowest BCUT2D eigenvalue weighted by Crippen LogP contribution is -2.00. The molecule has 25 heavy (non-hydrogen) atoms. The summed E-state index contributed by atoms with van der Waals surface area (Å²) >= 11 is 0. The van der Waals surface area contributed by atoms with Gasteiger partial charge >= 0.3 is 0 Å². The second-order valence-electron chi connectivity index (χ2n) is 5.64. The summed E-state index contributed by atoms with van der Waals surface area (Å²) in [5.41, 5.74) is 4.66. The van der Waals surface area contributed by atoms with E-state index in [-0.39, 0.29) is 0 Å². The highest BCUT2D eigenvalue weighted by molar-refractivity contribution is 5.85. The average molecular weight is 331 g/mol. The van der Waals surface area contributed by atoms with Crippen LogP contribution in [0.5, 0.6) is 5.75 Å². The standard InChI is InChI=1S/C19H17N5O/c1-25-19-13-15(24-12-2-9-21-24)3-4-16(19)18-6-5-17(22-23-18)14-7-10-20-11-8-14/h2-7,9-10,12-13H,8,11H2,1H3. The smallest absolute Gasteiger partial charge is 0.130 e. The van der Waals surface area contributed by atoms with Gasteiger partial charge < -0.3 is 4.74 Å². The topological polar surface area (TPSA) is 65.2 Å². The molecule has 0 amide bonds. The van der Waals surface area contributed by atoms with Gasteiger partial charge in [0.25, 0.3) is 0 Å². The monoisotopic (exact) mass is 331 g/mol. The quantitative estimate of drug-likeness (QED) is 0.736. The molecule has 0 fully saturated rings. The van der Waals surface area contributed by atoms with Crippen LogP contribution in [0.15, 0.2) is 59.9 Å². The molecule has 0 aliphatic carbocycles. The van der Waals surface area contributed by atoms with Gasteiger partial charge in [-0.3, -0.25) is 4.99 Å². The largest absolute Gasteiger partial charge is 0.496 e. The highest BCUT2D eigenvalue weighted by atomic mass is 16.5. The molecule has 3 heterocycles. The summed E-state index contributed by atoms with van der Waals surface area (Å²) in [6.45, 7) is 0.804. The SMILES string of the molecule is COc1cc(-n2cccn2)ccc1-c1ccc(C2=CC=NCC2)nn1. The first-order valence-electron chi connectivity index (χ1n) is 8.06. The Hall–Kier alpha value is -3.28. The number of hydrogen-bond donors (Lipinski definition) is 0. The lowest BCUT2D eigenvalue weighted by atomic mass is 10.1. The molecule has 1 aliphatic heterocycles. The molecule has 6 nitrogen and oxygen atoms in total. The number of rotatable bonds is 4. The van der Waals surface area contributed by atoms with E-state index in [0.29, 0.717) is 0 Å². The number of aromatic nitrogens is 4. The first-order chi connectivity index (χ1) is 12.3. The van der Waals surface area contributed by atoms with Gasteiger partial charge in [-0.25, -0.2) is 4.68 Å². The summed E-state index contributed by atoms with van der Waals surface area (Å²) < 4.78 is 7.34. The van der Waals surface area contributed by atoms with Crippen molar-refractivity contribution in [1.82, 2.24) is 20.0 Å². The predicted octanol–water partition coefficient (Wildman–Crippen LogP) is 3.20. The maximum absolute atomic E-state index is 5.55. The van der Waals surface area contributed by atoms with Gasteiger partial charge in [-0.15, -0.1) is 5.10 Å². The van der Waals surface area contributed by atoms with Crippen molar-refractivity contribution >= 4 is 11.8 Å². The van der Waals surface area contributed by atoms with Gasteiger partial charge in [0.1, 0.15) is 5.75 Å². The van der Waals surface area contributed by atoms with Crippen molar-refractivity contribution in [2.75, 3.05) is 13.7 Å². The molecule has 3 aromatic rings. The Morgan fingerprint density at radius 1 is 1.08 bits per heavy atom. The number of dihydropyridines is 1. The molecule has 124 valence electrons. The van der Waals surface area contributed by atoms with E-state index < -0.39 is 0 Å². The second kappa shape index (κ2) is 6.68. The van der Waals surface area contributed by atoms with Crippen molar-refractivity contribution in [3.8, 4) is 22.7 Å². The minimum Gasteiger partial charge on any atom is -0.496 e. The maximum atomic E-state index is 5.55. The summed E-state index contributed by atoms with van der Waals surface area (Å²) in [5.74, 6) is 0.735. The second-order valence-corrected chi connectivity index (χ2v) is 5.64. The molecule has 1 aromatic carbocycles. The van der Waals surface area contributed by atoms with E-state index in [0.717, 1.165) is 46.9 Å².